The van der Waals surface area contributed by atoms with E-state index in [9.17, 15) is 14.0 Å². The van der Waals surface area contributed by atoms with Crippen molar-refractivity contribution in [3.05, 3.63) is 35.6 Å². The van der Waals surface area contributed by atoms with Gasteiger partial charge in [0.1, 0.15) is 11.4 Å². The van der Waals surface area contributed by atoms with Gasteiger partial charge < -0.3 is 9.80 Å². The van der Waals surface area contributed by atoms with Crippen LogP contribution in [0.15, 0.2) is 24.3 Å². The van der Waals surface area contributed by atoms with Crippen molar-refractivity contribution in [2.75, 3.05) is 32.7 Å². The van der Waals surface area contributed by atoms with Crippen LogP contribution in [0, 0.1) is 17.7 Å². The van der Waals surface area contributed by atoms with Crippen molar-refractivity contribution >= 4 is 11.8 Å². The molecule has 0 aromatic heterocycles. The van der Waals surface area contributed by atoms with Crippen molar-refractivity contribution in [1.82, 2.24) is 14.7 Å². The van der Waals surface area contributed by atoms with E-state index in [4.69, 9.17) is 0 Å². The molecule has 28 heavy (non-hydrogen) atoms. The van der Waals surface area contributed by atoms with E-state index in [2.05, 4.69) is 9.80 Å². The summed E-state index contributed by atoms with van der Waals surface area (Å²) in [6, 6.07) is 6.46. The molecular formula is C22H28FN3O2. The molecule has 0 bridgehead atoms. The fourth-order valence-corrected chi connectivity index (χ4v) is 6.40. The molecule has 3 atom stereocenters. The normalized spacial score (nSPS) is 31.3. The topological polar surface area (TPSA) is 43.9 Å². The Labute approximate surface area is 165 Å². The number of nitrogens with zero attached hydrogens (tertiary/aromatic N) is 3. The van der Waals surface area contributed by atoms with Gasteiger partial charge in [0.2, 0.25) is 11.8 Å². The molecule has 4 aliphatic heterocycles. The number of hydrogen-bond acceptors (Lipinski definition) is 3. The summed E-state index contributed by atoms with van der Waals surface area (Å²) in [5.41, 5.74) is 0.575. The van der Waals surface area contributed by atoms with Gasteiger partial charge in [0.05, 0.1) is 6.04 Å². The first-order valence-electron chi connectivity index (χ1n) is 10.6. The van der Waals surface area contributed by atoms with E-state index in [1.807, 2.05) is 11.0 Å². The number of rotatable bonds is 2. The van der Waals surface area contributed by atoms with Crippen molar-refractivity contribution in [3.63, 3.8) is 0 Å². The van der Waals surface area contributed by atoms with E-state index in [1.165, 1.54) is 6.07 Å². The highest BCUT2D eigenvalue weighted by atomic mass is 19.1. The molecule has 0 N–H and O–H groups in total. The zero-order chi connectivity index (χ0) is 19.5. The van der Waals surface area contributed by atoms with Crippen LogP contribution in [0.3, 0.4) is 0 Å². The van der Waals surface area contributed by atoms with Gasteiger partial charge in [-0.05, 0) is 56.5 Å². The SMILES string of the molecule is CC(=O)N1C[C@H]2CN(C(=O)C34CCCN3CCC4)C[C@H]2[C@H]1c1cccc(F)c1. The van der Waals surface area contributed by atoms with Gasteiger partial charge in [-0.1, -0.05) is 12.1 Å². The fraction of sp³-hybridized carbons (Fsp3) is 0.636. The van der Waals surface area contributed by atoms with Gasteiger partial charge in [-0.3, -0.25) is 14.5 Å². The Morgan fingerprint density at radius 1 is 1.11 bits per heavy atom. The molecular weight excluding hydrogens is 357 g/mol. The summed E-state index contributed by atoms with van der Waals surface area (Å²) in [5, 5.41) is 0. The summed E-state index contributed by atoms with van der Waals surface area (Å²) in [7, 11) is 0. The number of likely N-dealkylation sites (tertiary alicyclic amines) is 2. The third-order valence-electron chi connectivity index (χ3n) is 7.59. The molecule has 0 aliphatic carbocycles. The van der Waals surface area contributed by atoms with Crippen LogP contribution in [0.1, 0.15) is 44.2 Å². The number of amides is 2. The summed E-state index contributed by atoms with van der Waals surface area (Å²) in [5.74, 6) is 0.500. The van der Waals surface area contributed by atoms with E-state index >= 15 is 0 Å². The Morgan fingerprint density at radius 2 is 1.86 bits per heavy atom. The van der Waals surface area contributed by atoms with Gasteiger partial charge in [0.25, 0.3) is 0 Å². The monoisotopic (exact) mass is 385 g/mol. The number of carbonyl (C=O) groups excluding carboxylic acids is 2. The maximum absolute atomic E-state index is 13.9. The lowest BCUT2D eigenvalue weighted by Crippen LogP contribution is -2.53. The Bertz CT molecular complexity index is 803. The zero-order valence-electron chi connectivity index (χ0n) is 16.4. The lowest BCUT2D eigenvalue weighted by molar-refractivity contribution is -0.141. The molecule has 2 amide bonds. The Hall–Kier alpha value is -1.95. The van der Waals surface area contributed by atoms with Crippen LogP contribution in [0.5, 0.6) is 0 Å². The molecule has 6 heteroatoms. The first-order valence-corrected chi connectivity index (χ1v) is 10.6. The molecule has 0 spiro atoms. The summed E-state index contributed by atoms with van der Waals surface area (Å²) in [6.07, 6.45) is 4.17. The van der Waals surface area contributed by atoms with Crippen LogP contribution in [-0.4, -0.2) is 64.8 Å². The molecule has 1 aromatic rings. The first kappa shape index (κ1) is 18.1. The molecule has 4 fully saturated rings. The first-order chi connectivity index (χ1) is 13.5. The molecule has 4 saturated heterocycles. The van der Waals surface area contributed by atoms with E-state index < -0.39 is 0 Å². The second kappa shape index (κ2) is 6.55. The lowest BCUT2D eigenvalue weighted by atomic mass is 9.89. The molecule has 4 heterocycles. The number of carbonyl (C=O) groups is 2. The predicted octanol–water partition coefficient (Wildman–Crippen LogP) is 2.43. The van der Waals surface area contributed by atoms with Gasteiger partial charge in [0.15, 0.2) is 0 Å². The number of benzene rings is 1. The van der Waals surface area contributed by atoms with Crippen molar-refractivity contribution in [1.29, 1.82) is 0 Å². The van der Waals surface area contributed by atoms with Crippen molar-refractivity contribution in [3.8, 4) is 0 Å². The van der Waals surface area contributed by atoms with Crippen LogP contribution in [0.2, 0.25) is 0 Å². The largest absolute Gasteiger partial charge is 0.340 e. The highest BCUT2D eigenvalue weighted by Gasteiger charge is 2.55. The smallest absolute Gasteiger partial charge is 0.243 e. The van der Waals surface area contributed by atoms with Crippen molar-refractivity contribution < 1.29 is 14.0 Å². The summed E-state index contributed by atoms with van der Waals surface area (Å²) < 4.78 is 13.9. The van der Waals surface area contributed by atoms with Crippen LogP contribution in [0.25, 0.3) is 0 Å². The minimum Gasteiger partial charge on any atom is -0.340 e. The second-order valence-electron chi connectivity index (χ2n) is 9.03. The minimum atomic E-state index is -0.276. The van der Waals surface area contributed by atoms with Gasteiger partial charge in [-0.25, -0.2) is 4.39 Å². The molecule has 5 rings (SSSR count). The van der Waals surface area contributed by atoms with Crippen LogP contribution < -0.4 is 0 Å². The third kappa shape index (κ3) is 2.60. The maximum atomic E-state index is 13.9. The molecule has 5 nitrogen and oxygen atoms in total. The van der Waals surface area contributed by atoms with E-state index in [0.29, 0.717) is 25.5 Å². The van der Waals surface area contributed by atoms with Crippen molar-refractivity contribution in [2.24, 2.45) is 11.8 Å². The quantitative estimate of drug-likeness (QED) is 0.785. The van der Waals surface area contributed by atoms with E-state index in [0.717, 1.165) is 44.3 Å². The number of hydrogen-bond donors (Lipinski definition) is 0. The van der Waals surface area contributed by atoms with Crippen molar-refractivity contribution in [2.45, 2.75) is 44.2 Å². The average Bonchev–Trinajstić information content (AvgIpc) is 3.39. The van der Waals surface area contributed by atoms with Gasteiger partial charge >= 0.3 is 0 Å². The highest BCUT2D eigenvalue weighted by molar-refractivity contribution is 5.87. The Kier molecular flexibility index (Phi) is 4.23. The molecule has 0 radical (unpaired) electrons. The molecule has 0 unspecified atom stereocenters. The van der Waals surface area contributed by atoms with E-state index in [1.54, 1.807) is 19.1 Å². The summed E-state index contributed by atoms with van der Waals surface area (Å²) >= 11 is 0. The Morgan fingerprint density at radius 3 is 2.54 bits per heavy atom. The van der Waals surface area contributed by atoms with Crippen LogP contribution >= 0.6 is 0 Å². The number of halogens is 1. The number of fused-ring (bicyclic) bond motifs is 2. The fourth-order valence-electron chi connectivity index (χ4n) is 6.40. The summed E-state index contributed by atoms with van der Waals surface area (Å²) in [6.45, 7) is 5.71. The highest BCUT2D eigenvalue weighted by Crippen LogP contribution is 2.47. The van der Waals surface area contributed by atoms with E-state index in [-0.39, 0.29) is 35.1 Å². The average molecular weight is 385 g/mol. The standard InChI is InChI=1S/C22H28FN3O2/c1-15(27)26-13-17-12-24(21(28)22-7-3-9-25(22)10-4-8-22)14-19(17)20(26)16-5-2-6-18(23)11-16/h2,5-6,11,17,19-20H,3-4,7-10,12-14H2,1H3/t17-,19-,20-/m1/s1. The lowest BCUT2D eigenvalue weighted by Gasteiger charge is -2.36. The third-order valence-corrected chi connectivity index (χ3v) is 7.59. The van der Waals surface area contributed by atoms with Gasteiger partial charge in [-0.15, -0.1) is 0 Å². The molecule has 4 aliphatic rings. The zero-order valence-corrected chi connectivity index (χ0v) is 16.4. The second-order valence-corrected chi connectivity index (χ2v) is 9.03. The minimum absolute atomic E-state index is 0.0258. The van der Waals surface area contributed by atoms with Gasteiger partial charge in [-0.2, -0.15) is 0 Å². The molecule has 1 aromatic carbocycles. The molecule has 0 saturated carbocycles. The summed E-state index contributed by atoms with van der Waals surface area (Å²) in [4.78, 5) is 32.1. The van der Waals surface area contributed by atoms with Gasteiger partial charge in [0, 0.05) is 38.4 Å². The van der Waals surface area contributed by atoms with Crippen LogP contribution in [0.4, 0.5) is 4.39 Å². The molecule has 150 valence electrons. The Balaban J connectivity index is 1.41. The van der Waals surface area contributed by atoms with Crippen LogP contribution in [-0.2, 0) is 9.59 Å². The predicted molar refractivity (Wildman–Crippen MR) is 103 cm³/mol. The maximum Gasteiger partial charge on any atom is 0.243 e.